The van der Waals surface area contributed by atoms with Crippen LogP contribution >= 0.6 is 0 Å². The fourth-order valence-electron chi connectivity index (χ4n) is 15.0. The number of allylic oxidation sites excluding steroid dienone is 1. The van der Waals surface area contributed by atoms with E-state index in [9.17, 15) is 40.5 Å². The molecule has 0 radical (unpaired) electrons. The van der Waals surface area contributed by atoms with Crippen molar-refractivity contribution in [3.05, 3.63) is 53.6 Å². The molecule has 5 aliphatic heterocycles. The Balaban J connectivity index is 0.890. The molecule has 4 aliphatic carbocycles. The number of aliphatic hydroxyl groups excluding tert-OH is 7. The Morgan fingerprint density at radius 2 is 1.42 bits per heavy atom. The lowest BCUT2D eigenvalue weighted by atomic mass is 9.47. The van der Waals surface area contributed by atoms with E-state index >= 15 is 0 Å². The number of aliphatic hydroxyl groups is 7. The smallest absolute Gasteiger partial charge is 0.244 e. The van der Waals surface area contributed by atoms with Crippen molar-refractivity contribution >= 4 is 12.0 Å². The van der Waals surface area contributed by atoms with E-state index in [-0.39, 0.29) is 23.5 Å². The SMILES string of the molecule is C[C@H]1CC[C@@]2(OC1)O[C@H]1CC3[C@@H]4CC=C5C[C@@H](O[C@@H]6O[C@H](CNC(=O)/C=C/c7ccccc7)[C@@H](O[C@H]7O[C@H](C)[C@@H](O)[C@H](O)[C@@H]7O)[C@H](O)[C@H]6O[C@H]6O[C@H](C)[C@@H](O)[C@H](O)[C@@H]6O)CC[C@]5(C)[C@H]4CC[C@]3(C)[C@H]1[C@@H]2C. The molecule has 26 atom stereocenters. The maximum absolute atomic E-state index is 13.3. The van der Waals surface area contributed by atoms with Gasteiger partial charge in [0, 0.05) is 25.0 Å². The number of amides is 1. The monoisotopic (exact) mass is 998 g/mol. The van der Waals surface area contributed by atoms with E-state index in [1.807, 2.05) is 30.3 Å². The van der Waals surface area contributed by atoms with Crippen molar-refractivity contribution in [1.29, 1.82) is 0 Å². The fourth-order valence-corrected chi connectivity index (χ4v) is 15.0. The molecule has 17 heteroatoms. The highest BCUT2D eigenvalue weighted by molar-refractivity contribution is 5.91. The molecule has 17 nitrogen and oxygen atoms in total. The van der Waals surface area contributed by atoms with Crippen molar-refractivity contribution in [2.45, 2.75) is 209 Å². The van der Waals surface area contributed by atoms with Crippen molar-refractivity contribution in [3.63, 3.8) is 0 Å². The molecular weight excluding hydrogens is 919 g/mol. The van der Waals surface area contributed by atoms with Crippen molar-refractivity contribution < 1.29 is 78.4 Å². The molecule has 8 fully saturated rings. The third-order valence-electron chi connectivity index (χ3n) is 19.2. The van der Waals surface area contributed by atoms with Crippen LogP contribution in [0.3, 0.4) is 0 Å². The summed E-state index contributed by atoms with van der Waals surface area (Å²) in [6, 6.07) is 9.27. The molecule has 0 aromatic heterocycles. The summed E-state index contributed by atoms with van der Waals surface area (Å²) in [4.78, 5) is 13.3. The first-order valence-corrected chi connectivity index (χ1v) is 26.5. The van der Waals surface area contributed by atoms with Gasteiger partial charge in [-0.2, -0.15) is 0 Å². The first kappa shape index (κ1) is 52.0. The van der Waals surface area contributed by atoms with Crippen LogP contribution in [0.25, 0.3) is 6.08 Å². The van der Waals surface area contributed by atoms with Crippen molar-refractivity contribution in [2.75, 3.05) is 13.2 Å². The molecule has 1 amide bonds. The van der Waals surface area contributed by atoms with Crippen LogP contribution in [0, 0.1) is 46.3 Å². The number of hydrogen-bond donors (Lipinski definition) is 8. The van der Waals surface area contributed by atoms with E-state index in [0.717, 1.165) is 57.1 Å². The summed E-state index contributed by atoms with van der Waals surface area (Å²) in [7, 11) is 0. The van der Waals surface area contributed by atoms with Crippen LogP contribution in [0.2, 0.25) is 0 Å². The molecule has 1 aromatic carbocycles. The van der Waals surface area contributed by atoms with Gasteiger partial charge < -0.3 is 79.0 Å². The molecule has 1 unspecified atom stereocenters. The van der Waals surface area contributed by atoms with Gasteiger partial charge in [-0.05, 0) is 117 Å². The zero-order valence-electron chi connectivity index (χ0n) is 42.0. The summed E-state index contributed by atoms with van der Waals surface area (Å²) in [5.74, 6) is 2.03. The molecule has 396 valence electrons. The Hall–Kier alpha value is -2.43. The van der Waals surface area contributed by atoms with Gasteiger partial charge in [0.1, 0.15) is 61.0 Å². The van der Waals surface area contributed by atoms with Crippen LogP contribution in [-0.2, 0) is 42.7 Å². The first-order valence-electron chi connectivity index (χ1n) is 26.5. The van der Waals surface area contributed by atoms with Gasteiger partial charge in [-0.15, -0.1) is 0 Å². The Labute approximate surface area is 417 Å². The quantitative estimate of drug-likeness (QED) is 0.124. The third kappa shape index (κ3) is 9.42. The van der Waals surface area contributed by atoms with Gasteiger partial charge in [0.2, 0.25) is 5.91 Å². The van der Waals surface area contributed by atoms with E-state index in [0.29, 0.717) is 48.3 Å². The van der Waals surface area contributed by atoms with E-state index in [4.69, 9.17) is 37.9 Å². The van der Waals surface area contributed by atoms with Crippen LogP contribution in [0.15, 0.2) is 48.1 Å². The maximum atomic E-state index is 13.3. The molecular formula is C54H79NO16. The highest BCUT2D eigenvalue weighted by atomic mass is 16.8. The second-order valence-electron chi connectivity index (χ2n) is 23.4. The summed E-state index contributed by atoms with van der Waals surface area (Å²) in [5.41, 5.74) is 2.26. The van der Waals surface area contributed by atoms with Gasteiger partial charge >= 0.3 is 0 Å². The van der Waals surface area contributed by atoms with Gasteiger partial charge in [-0.3, -0.25) is 4.79 Å². The molecule has 1 aromatic rings. The number of rotatable bonds is 10. The largest absolute Gasteiger partial charge is 0.388 e. The highest BCUT2D eigenvalue weighted by Crippen LogP contribution is 2.70. The van der Waals surface area contributed by atoms with E-state index < -0.39 is 110 Å². The molecule has 1 spiro atoms. The van der Waals surface area contributed by atoms with Crippen molar-refractivity contribution in [1.82, 2.24) is 5.32 Å². The average molecular weight is 998 g/mol. The molecule has 0 bridgehead atoms. The van der Waals surface area contributed by atoms with Gasteiger partial charge in [0.05, 0.1) is 31.0 Å². The predicted octanol–water partition coefficient (Wildman–Crippen LogP) is 3.08. The Kier molecular flexibility index (Phi) is 14.8. The Bertz CT molecular complexity index is 2090. The number of fused-ring (bicyclic) bond motifs is 7. The molecule has 8 N–H and O–H groups in total. The second-order valence-corrected chi connectivity index (χ2v) is 23.4. The molecule has 5 heterocycles. The lowest BCUT2D eigenvalue weighted by Gasteiger charge is -2.59. The fraction of sp³-hybridized carbons (Fsp3) is 0.796. The van der Waals surface area contributed by atoms with Crippen LogP contribution < -0.4 is 5.32 Å². The maximum Gasteiger partial charge on any atom is 0.244 e. The number of carbonyl (C=O) groups is 1. The van der Waals surface area contributed by atoms with Crippen molar-refractivity contribution in [2.24, 2.45) is 46.3 Å². The van der Waals surface area contributed by atoms with Crippen LogP contribution in [0.5, 0.6) is 0 Å². The average Bonchev–Trinajstić information content (AvgIpc) is 3.81. The first-order chi connectivity index (χ1) is 33.8. The normalized spacial score (nSPS) is 51.8. The topological polar surface area (TPSA) is 245 Å². The minimum Gasteiger partial charge on any atom is -0.388 e. The summed E-state index contributed by atoms with van der Waals surface area (Å²) in [6.45, 7) is 13.2. The van der Waals surface area contributed by atoms with Crippen LogP contribution in [0.1, 0.15) is 105 Å². The summed E-state index contributed by atoms with van der Waals surface area (Å²) >= 11 is 0. The van der Waals surface area contributed by atoms with Gasteiger partial charge in [0.15, 0.2) is 24.7 Å². The molecule has 9 aliphatic rings. The molecule has 10 rings (SSSR count). The number of nitrogens with one attached hydrogen (secondary N) is 1. The number of hydrogen-bond acceptors (Lipinski definition) is 16. The lowest BCUT2D eigenvalue weighted by molar-refractivity contribution is -0.386. The third-order valence-corrected chi connectivity index (χ3v) is 19.2. The van der Waals surface area contributed by atoms with Crippen molar-refractivity contribution in [3.8, 4) is 0 Å². The van der Waals surface area contributed by atoms with E-state index in [1.165, 1.54) is 25.5 Å². The van der Waals surface area contributed by atoms with Gasteiger partial charge in [-0.25, -0.2) is 0 Å². The Morgan fingerprint density at radius 3 is 2.08 bits per heavy atom. The minimum atomic E-state index is -1.75. The summed E-state index contributed by atoms with van der Waals surface area (Å²) < 4.78 is 51.4. The van der Waals surface area contributed by atoms with E-state index in [1.54, 1.807) is 6.08 Å². The number of carbonyl (C=O) groups excluding carboxylic acids is 1. The lowest BCUT2D eigenvalue weighted by Crippen LogP contribution is -2.67. The summed E-state index contributed by atoms with van der Waals surface area (Å²) in [5, 5.41) is 80.0. The molecule has 5 saturated heterocycles. The number of ether oxygens (including phenoxy) is 8. The zero-order valence-corrected chi connectivity index (χ0v) is 42.0. The minimum absolute atomic E-state index is 0.0523. The molecule has 3 saturated carbocycles. The van der Waals surface area contributed by atoms with Crippen LogP contribution in [0.4, 0.5) is 0 Å². The van der Waals surface area contributed by atoms with Crippen LogP contribution in [-0.4, -0.2) is 165 Å². The second kappa shape index (κ2) is 20.3. The van der Waals surface area contributed by atoms with Gasteiger partial charge in [0.25, 0.3) is 0 Å². The summed E-state index contributed by atoms with van der Waals surface area (Å²) in [6.07, 6.45) is -8.03. The zero-order chi connectivity index (χ0) is 50.3. The highest BCUT2D eigenvalue weighted by Gasteiger charge is 2.69. The van der Waals surface area contributed by atoms with Gasteiger partial charge in [-0.1, -0.05) is 69.7 Å². The standard InChI is InChI=1S/C54H79NO16/c1-26-16-21-54(64-25-26)27(2)39-36(71-54)23-35-33-14-13-31-22-32(17-19-52(31,5)34(33)18-20-53(35,39)6)67-51-48(70-50-45(62)43(60)41(58)29(4)66-50)46(63)47(69-49-44(61)42(59)40(57)28(3)65-49)37(68-51)24-55-38(56)15-12-30-10-8-7-9-11-30/h7-13,15,26-29,32-37,39-51,57-63H,14,16-25H2,1-6H3,(H,55,56)/b15-12+/t26-,27-,28+,29+,32-,33+,34-,35?,36-,37+,39-,40+,41+,42-,43-,44-,45-,46-,47+,48+,49+,50+,51+,52-,53-,54+/m0/s1. The number of benzene rings is 1. The molecule has 71 heavy (non-hydrogen) atoms. The predicted molar refractivity (Wildman–Crippen MR) is 254 cm³/mol. The Morgan fingerprint density at radius 1 is 0.746 bits per heavy atom. The van der Waals surface area contributed by atoms with E-state index in [2.05, 4.69) is 39.1 Å².